The van der Waals surface area contributed by atoms with Crippen LogP contribution >= 0.6 is 0 Å². The minimum atomic E-state index is -0.413. The van der Waals surface area contributed by atoms with E-state index in [9.17, 15) is 5.11 Å². The van der Waals surface area contributed by atoms with Crippen LogP contribution in [0.1, 0.15) is 40.0 Å². The van der Waals surface area contributed by atoms with Gasteiger partial charge in [0, 0.05) is 18.0 Å². The number of β-amino-alcohol motifs (C(OH)–C–C–N with tert-alkyl or cyclic N) is 1. The molecule has 1 N–H and O–H groups in total. The fourth-order valence-corrected chi connectivity index (χ4v) is 4.71. The van der Waals surface area contributed by atoms with E-state index in [4.69, 9.17) is 0 Å². The van der Waals surface area contributed by atoms with Crippen molar-refractivity contribution >= 4 is 0 Å². The van der Waals surface area contributed by atoms with E-state index in [0.717, 1.165) is 12.5 Å². The van der Waals surface area contributed by atoms with Crippen molar-refractivity contribution in [2.45, 2.75) is 51.2 Å². The molecule has 0 unspecified atom stereocenters. The van der Waals surface area contributed by atoms with Crippen LogP contribution in [0.25, 0.3) is 0 Å². The molecule has 0 radical (unpaired) electrons. The summed E-state index contributed by atoms with van der Waals surface area (Å²) in [6.07, 6.45) is 3.94. The van der Waals surface area contributed by atoms with E-state index in [1.165, 1.54) is 25.8 Å². The molecule has 2 nitrogen and oxygen atoms in total. The summed E-state index contributed by atoms with van der Waals surface area (Å²) in [6, 6.07) is 0. The first kappa shape index (κ1) is 10.1. The largest absolute Gasteiger partial charge is 0.388 e. The summed E-state index contributed by atoms with van der Waals surface area (Å²) < 4.78 is 0. The van der Waals surface area contributed by atoms with Gasteiger partial charge in [-0.05, 0) is 44.6 Å². The molecule has 86 valence electrons. The van der Waals surface area contributed by atoms with Crippen LogP contribution in [0.5, 0.6) is 0 Å². The van der Waals surface area contributed by atoms with E-state index >= 15 is 0 Å². The van der Waals surface area contributed by atoms with Crippen LogP contribution in [0.15, 0.2) is 0 Å². The fourth-order valence-electron chi connectivity index (χ4n) is 4.71. The Balaban J connectivity index is 2.02. The highest BCUT2D eigenvalue weighted by Crippen LogP contribution is 2.60. The summed E-state index contributed by atoms with van der Waals surface area (Å²) in [5, 5.41) is 10.9. The Morgan fingerprint density at radius 2 is 2.00 bits per heavy atom. The van der Waals surface area contributed by atoms with E-state index in [-0.39, 0.29) is 0 Å². The Morgan fingerprint density at radius 3 is 2.67 bits per heavy atom. The normalized spacial score (nSPS) is 54.2. The molecule has 0 bridgehead atoms. The van der Waals surface area contributed by atoms with Crippen LogP contribution < -0.4 is 0 Å². The molecule has 0 aromatic carbocycles. The van der Waals surface area contributed by atoms with Gasteiger partial charge in [0.25, 0.3) is 0 Å². The van der Waals surface area contributed by atoms with Gasteiger partial charge in [-0.1, -0.05) is 13.8 Å². The second-order valence-electron chi connectivity index (χ2n) is 6.41. The van der Waals surface area contributed by atoms with Gasteiger partial charge in [0.15, 0.2) is 0 Å². The van der Waals surface area contributed by atoms with Gasteiger partial charge in [0.2, 0.25) is 0 Å². The molecular formula is C13H23NO. The molecule has 2 aliphatic heterocycles. The number of aliphatic hydroxyl groups is 1. The number of hydrogen-bond acceptors (Lipinski definition) is 2. The molecule has 0 aromatic heterocycles. The molecule has 4 atom stereocenters. The molecular weight excluding hydrogens is 186 g/mol. The van der Waals surface area contributed by atoms with Crippen molar-refractivity contribution in [3.8, 4) is 0 Å². The maximum Gasteiger partial charge on any atom is 0.0842 e. The van der Waals surface area contributed by atoms with Crippen LogP contribution in [0.2, 0.25) is 0 Å². The average Bonchev–Trinajstić information content (AvgIpc) is 2.70. The van der Waals surface area contributed by atoms with Gasteiger partial charge in [0.05, 0.1) is 5.60 Å². The smallest absolute Gasteiger partial charge is 0.0842 e. The average molecular weight is 209 g/mol. The third-order valence-corrected chi connectivity index (χ3v) is 5.81. The predicted octanol–water partition coefficient (Wildman–Crippen LogP) is 1.88. The van der Waals surface area contributed by atoms with E-state index in [2.05, 4.69) is 25.7 Å². The van der Waals surface area contributed by atoms with Gasteiger partial charge >= 0.3 is 0 Å². The third-order valence-electron chi connectivity index (χ3n) is 5.81. The Bertz CT molecular complexity index is 290. The minimum Gasteiger partial charge on any atom is -0.388 e. The number of hydrogen-bond donors (Lipinski definition) is 1. The van der Waals surface area contributed by atoms with Crippen LogP contribution in [-0.4, -0.2) is 34.2 Å². The monoisotopic (exact) mass is 209 g/mol. The van der Waals surface area contributed by atoms with Gasteiger partial charge in [-0.3, -0.25) is 4.90 Å². The van der Waals surface area contributed by atoms with Crippen molar-refractivity contribution in [3.05, 3.63) is 0 Å². The van der Waals surface area contributed by atoms with Crippen molar-refractivity contribution < 1.29 is 5.11 Å². The van der Waals surface area contributed by atoms with Crippen LogP contribution in [0, 0.1) is 17.8 Å². The quantitative estimate of drug-likeness (QED) is 0.713. The molecule has 0 aromatic rings. The Hall–Kier alpha value is -0.0800. The highest BCUT2D eigenvalue weighted by atomic mass is 16.3. The molecule has 0 amide bonds. The van der Waals surface area contributed by atoms with Crippen LogP contribution in [0.4, 0.5) is 0 Å². The summed E-state index contributed by atoms with van der Waals surface area (Å²) in [6.45, 7) is 8.90. The minimum absolute atomic E-state index is 0.332. The summed E-state index contributed by atoms with van der Waals surface area (Å²) >= 11 is 0. The lowest BCUT2D eigenvalue weighted by atomic mass is 9.73. The van der Waals surface area contributed by atoms with Gasteiger partial charge in [-0.15, -0.1) is 0 Å². The summed E-state index contributed by atoms with van der Waals surface area (Å²) in [5.74, 6) is 1.77. The van der Waals surface area contributed by atoms with Crippen LogP contribution in [-0.2, 0) is 0 Å². The second kappa shape index (κ2) is 2.78. The van der Waals surface area contributed by atoms with E-state index < -0.39 is 5.60 Å². The van der Waals surface area contributed by atoms with Crippen molar-refractivity contribution in [2.75, 3.05) is 13.1 Å². The summed E-state index contributed by atoms with van der Waals surface area (Å²) in [5.41, 5.74) is -0.0804. The molecule has 0 spiro atoms. The zero-order chi connectivity index (χ0) is 10.8. The zero-order valence-corrected chi connectivity index (χ0v) is 10.2. The van der Waals surface area contributed by atoms with Crippen molar-refractivity contribution in [1.29, 1.82) is 0 Å². The topological polar surface area (TPSA) is 23.5 Å². The SMILES string of the molecule is CC(C)[C@@]1(O)CN2CC[C@@H]3CC[C@H]1[C@@]32C. The molecule has 2 heteroatoms. The second-order valence-corrected chi connectivity index (χ2v) is 6.41. The molecule has 1 aliphatic carbocycles. The zero-order valence-electron chi connectivity index (χ0n) is 10.2. The first-order valence-corrected chi connectivity index (χ1v) is 6.47. The lowest BCUT2D eigenvalue weighted by Crippen LogP contribution is -2.46. The summed E-state index contributed by atoms with van der Waals surface area (Å²) in [7, 11) is 0. The number of rotatable bonds is 1. The van der Waals surface area contributed by atoms with E-state index in [0.29, 0.717) is 17.4 Å². The molecule has 2 saturated heterocycles. The molecule has 1 saturated carbocycles. The van der Waals surface area contributed by atoms with Gasteiger partial charge in [-0.25, -0.2) is 0 Å². The molecule has 3 rings (SSSR count). The Labute approximate surface area is 92.7 Å². The van der Waals surface area contributed by atoms with Crippen LogP contribution in [0.3, 0.4) is 0 Å². The standard InChI is InChI=1S/C13H23NO/c1-9(2)13(15)8-14-7-6-10-4-5-11(13)12(10,14)3/h9-11,15H,4-8H2,1-3H3/t10-,11-,12+,13-/m0/s1. The first-order chi connectivity index (χ1) is 6.99. The molecule has 2 heterocycles. The molecule has 3 aliphatic rings. The third kappa shape index (κ3) is 0.980. The lowest BCUT2D eigenvalue weighted by molar-refractivity contribution is -0.0369. The fraction of sp³-hybridized carbons (Fsp3) is 1.00. The Kier molecular flexibility index (Phi) is 1.87. The van der Waals surface area contributed by atoms with Gasteiger partial charge in [-0.2, -0.15) is 0 Å². The first-order valence-electron chi connectivity index (χ1n) is 6.47. The van der Waals surface area contributed by atoms with Gasteiger partial charge < -0.3 is 5.11 Å². The van der Waals surface area contributed by atoms with Crippen molar-refractivity contribution in [3.63, 3.8) is 0 Å². The lowest BCUT2D eigenvalue weighted by Gasteiger charge is -2.36. The molecule has 3 fully saturated rings. The Morgan fingerprint density at radius 1 is 1.27 bits per heavy atom. The highest BCUT2D eigenvalue weighted by Gasteiger charge is 2.66. The maximum atomic E-state index is 10.9. The maximum absolute atomic E-state index is 10.9. The van der Waals surface area contributed by atoms with Gasteiger partial charge in [0.1, 0.15) is 0 Å². The van der Waals surface area contributed by atoms with E-state index in [1.807, 2.05) is 0 Å². The number of nitrogens with zero attached hydrogens (tertiary/aromatic N) is 1. The van der Waals surface area contributed by atoms with Crippen molar-refractivity contribution in [1.82, 2.24) is 4.90 Å². The van der Waals surface area contributed by atoms with E-state index in [1.54, 1.807) is 0 Å². The summed E-state index contributed by atoms with van der Waals surface area (Å²) in [4.78, 5) is 2.58. The molecule has 15 heavy (non-hydrogen) atoms. The predicted molar refractivity (Wildman–Crippen MR) is 60.6 cm³/mol. The van der Waals surface area contributed by atoms with Crippen molar-refractivity contribution in [2.24, 2.45) is 17.8 Å². The highest BCUT2D eigenvalue weighted by molar-refractivity contribution is 5.19.